The largest absolute Gasteiger partial charge is 0.366 e. The maximum absolute atomic E-state index is 12.1. The lowest BCUT2D eigenvalue weighted by molar-refractivity contribution is -0.134. The van der Waals surface area contributed by atoms with Crippen LogP contribution in [0.25, 0.3) is 0 Å². The molecule has 1 heterocycles. The molecule has 1 aromatic rings. The molecular weight excluding hydrogens is 290 g/mol. The highest BCUT2D eigenvalue weighted by molar-refractivity contribution is 5.92. The normalized spacial score (nSPS) is 24.5. The second-order valence-electron chi connectivity index (χ2n) is 6.87. The molecule has 3 N–H and O–H groups in total. The van der Waals surface area contributed by atoms with Gasteiger partial charge in [0.2, 0.25) is 11.8 Å². The van der Waals surface area contributed by atoms with Crippen molar-refractivity contribution < 1.29 is 9.59 Å². The summed E-state index contributed by atoms with van der Waals surface area (Å²) in [7, 11) is 0. The Morgan fingerprint density at radius 1 is 1.22 bits per heavy atom. The average Bonchev–Trinajstić information content (AvgIpc) is 3.38. The fourth-order valence-electron chi connectivity index (χ4n) is 3.27. The van der Waals surface area contributed by atoms with Gasteiger partial charge in [0, 0.05) is 37.2 Å². The Hall–Kier alpha value is -1.88. The summed E-state index contributed by atoms with van der Waals surface area (Å²) < 4.78 is 0. The number of rotatable bonds is 5. The van der Waals surface area contributed by atoms with Crippen LogP contribution in [0.2, 0.25) is 0 Å². The number of primary amides is 1. The van der Waals surface area contributed by atoms with Crippen molar-refractivity contribution in [3.05, 3.63) is 35.4 Å². The molecule has 1 aliphatic heterocycles. The van der Waals surface area contributed by atoms with Crippen LogP contribution in [0.4, 0.5) is 0 Å². The molecule has 2 atom stereocenters. The number of nitrogens with zero attached hydrogens (tertiary/aromatic N) is 1. The first kappa shape index (κ1) is 16.0. The topological polar surface area (TPSA) is 75.4 Å². The zero-order valence-corrected chi connectivity index (χ0v) is 13.6. The third kappa shape index (κ3) is 3.91. The van der Waals surface area contributed by atoms with Gasteiger partial charge < -0.3 is 16.0 Å². The summed E-state index contributed by atoms with van der Waals surface area (Å²) in [5.74, 6) is 0.731. The van der Waals surface area contributed by atoms with Gasteiger partial charge in [-0.3, -0.25) is 9.59 Å². The molecule has 1 aliphatic carbocycles. The number of carbonyl (C=O) groups excluding carboxylic acids is 2. The number of nitrogens with two attached hydrogens (primary N) is 1. The predicted octanol–water partition coefficient (Wildman–Crippen LogP) is 1.52. The van der Waals surface area contributed by atoms with Crippen molar-refractivity contribution in [2.75, 3.05) is 13.1 Å². The molecule has 5 nitrogen and oxygen atoms in total. The second kappa shape index (κ2) is 6.71. The molecule has 3 rings (SSSR count). The van der Waals surface area contributed by atoms with Crippen LogP contribution in [-0.4, -0.2) is 35.8 Å². The molecule has 1 aromatic carbocycles. The third-order valence-corrected chi connectivity index (χ3v) is 4.95. The maximum atomic E-state index is 12.1. The van der Waals surface area contributed by atoms with Crippen LogP contribution in [-0.2, 0) is 11.3 Å². The molecule has 2 amide bonds. The van der Waals surface area contributed by atoms with Crippen LogP contribution < -0.4 is 11.1 Å². The Morgan fingerprint density at radius 3 is 2.48 bits per heavy atom. The number of benzene rings is 1. The van der Waals surface area contributed by atoms with Crippen LogP contribution in [0, 0.1) is 11.8 Å². The quantitative estimate of drug-likeness (QED) is 0.865. The number of nitrogens with one attached hydrogen (secondary N) is 1. The van der Waals surface area contributed by atoms with E-state index in [1.807, 2.05) is 17.0 Å². The molecule has 1 saturated heterocycles. The van der Waals surface area contributed by atoms with Crippen molar-refractivity contribution in [1.82, 2.24) is 10.2 Å². The van der Waals surface area contributed by atoms with E-state index in [0.717, 1.165) is 44.5 Å². The zero-order valence-electron chi connectivity index (χ0n) is 13.6. The smallest absolute Gasteiger partial charge is 0.248 e. The highest BCUT2D eigenvalue weighted by Gasteiger charge is 2.36. The predicted molar refractivity (Wildman–Crippen MR) is 88.7 cm³/mol. The van der Waals surface area contributed by atoms with Crippen LogP contribution in [0.1, 0.15) is 42.1 Å². The lowest BCUT2D eigenvalue weighted by atomic mass is 9.93. The van der Waals surface area contributed by atoms with Gasteiger partial charge in [-0.15, -0.1) is 0 Å². The molecule has 0 radical (unpaired) electrons. The fourth-order valence-corrected chi connectivity index (χ4v) is 3.27. The Labute approximate surface area is 137 Å². The first-order chi connectivity index (χ1) is 11.0. The van der Waals surface area contributed by atoms with Gasteiger partial charge in [0.15, 0.2) is 0 Å². The van der Waals surface area contributed by atoms with E-state index in [4.69, 9.17) is 5.73 Å². The number of likely N-dealkylation sites (tertiary alicyclic amines) is 1. The van der Waals surface area contributed by atoms with E-state index in [1.165, 1.54) is 0 Å². The van der Waals surface area contributed by atoms with E-state index in [0.29, 0.717) is 29.3 Å². The van der Waals surface area contributed by atoms with Crippen LogP contribution >= 0.6 is 0 Å². The van der Waals surface area contributed by atoms with E-state index in [-0.39, 0.29) is 0 Å². The lowest BCUT2D eigenvalue weighted by Crippen LogP contribution is -2.50. The van der Waals surface area contributed by atoms with Gasteiger partial charge in [-0.1, -0.05) is 19.1 Å². The first-order valence-electron chi connectivity index (χ1n) is 8.45. The van der Waals surface area contributed by atoms with Crippen molar-refractivity contribution in [2.45, 2.75) is 38.8 Å². The summed E-state index contributed by atoms with van der Waals surface area (Å²) in [4.78, 5) is 25.3. The summed E-state index contributed by atoms with van der Waals surface area (Å²) in [6.07, 6.45) is 3.15. The van der Waals surface area contributed by atoms with E-state index in [2.05, 4.69) is 12.2 Å². The average molecular weight is 315 g/mol. The maximum Gasteiger partial charge on any atom is 0.248 e. The van der Waals surface area contributed by atoms with E-state index in [1.54, 1.807) is 12.1 Å². The molecule has 2 aliphatic rings. The minimum atomic E-state index is -0.397. The second-order valence-corrected chi connectivity index (χ2v) is 6.87. The summed E-state index contributed by atoms with van der Waals surface area (Å²) >= 11 is 0. The number of amides is 2. The Kier molecular flexibility index (Phi) is 4.66. The molecular formula is C18H25N3O2. The van der Waals surface area contributed by atoms with Gasteiger partial charge in [-0.2, -0.15) is 0 Å². The van der Waals surface area contributed by atoms with Crippen LogP contribution in [0.15, 0.2) is 24.3 Å². The number of hydrogen-bond donors (Lipinski definition) is 2. The SMILES string of the molecule is C[C@@H]1CN(C(=O)C2CC2)CC[C@H]1NCc1ccc(C(N)=O)cc1. The standard InChI is InChI=1S/C18H25N3O2/c1-12-11-21(18(23)15-6-7-15)9-8-16(12)20-10-13-2-4-14(5-3-13)17(19)22/h2-5,12,15-16,20H,6-11H2,1H3,(H2,19,22)/t12-,16-/m1/s1. The summed E-state index contributed by atoms with van der Waals surface area (Å²) in [6, 6.07) is 7.82. The molecule has 23 heavy (non-hydrogen) atoms. The number of piperidine rings is 1. The van der Waals surface area contributed by atoms with Gasteiger partial charge in [-0.05, 0) is 42.9 Å². The zero-order chi connectivity index (χ0) is 16.4. The van der Waals surface area contributed by atoms with Gasteiger partial charge in [-0.25, -0.2) is 0 Å². The van der Waals surface area contributed by atoms with Crippen molar-refractivity contribution in [3.8, 4) is 0 Å². The van der Waals surface area contributed by atoms with Gasteiger partial charge in [0.1, 0.15) is 0 Å². The van der Waals surface area contributed by atoms with Gasteiger partial charge in [0.05, 0.1) is 0 Å². The molecule has 124 valence electrons. The van der Waals surface area contributed by atoms with Crippen molar-refractivity contribution >= 4 is 11.8 Å². The molecule has 0 spiro atoms. The van der Waals surface area contributed by atoms with Crippen molar-refractivity contribution in [3.63, 3.8) is 0 Å². The number of carbonyl (C=O) groups is 2. The van der Waals surface area contributed by atoms with Crippen LogP contribution in [0.5, 0.6) is 0 Å². The molecule has 1 saturated carbocycles. The summed E-state index contributed by atoms with van der Waals surface area (Å²) in [5, 5.41) is 3.59. The molecule has 5 heteroatoms. The molecule has 2 fully saturated rings. The minimum Gasteiger partial charge on any atom is -0.366 e. The highest BCUT2D eigenvalue weighted by Crippen LogP contribution is 2.32. The van der Waals surface area contributed by atoms with Crippen LogP contribution in [0.3, 0.4) is 0 Å². The molecule has 0 aromatic heterocycles. The Bertz CT molecular complexity index is 580. The monoisotopic (exact) mass is 315 g/mol. The van der Waals surface area contributed by atoms with E-state index < -0.39 is 5.91 Å². The minimum absolute atomic E-state index is 0.315. The summed E-state index contributed by atoms with van der Waals surface area (Å²) in [6.45, 7) is 4.69. The molecule has 0 bridgehead atoms. The Morgan fingerprint density at radius 2 is 1.91 bits per heavy atom. The van der Waals surface area contributed by atoms with Gasteiger partial charge >= 0.3 is 0 Å². The Balaban J connectivity index is 1.49. The molecule has 0 unspecified atom stereocenters. The third-order valence-electron chi connectivity index (χ3n) is 4.95. The fraction of sp³-hybridized carbons (Fsp3) is 0.556. The number of hydrogen-bond acceptors (Lipinski definition) is 3. The van der Waals surface area contributed by atoms with Crippen molar-refractivity contribution in [2.24, 2.45) is 17.6 Å². The van der Waals surface area contributed by atoms with E-state index >= 15 is 0 Å². The van der Waals surface area contributed by atoms with Gasteiger partial charge in [0.25, 0.3) is 0 Å². The lowest BCUT2D eigenvalue weighted by Gasteiger charge is -2.37. The summed E-state index contributed by atoms with van der Waals surface area (Å²) in [5.41, 5.74) is 6.92. The first-order valence-corrected chi connectivity index (χ1v) is 8.45. The highest BCUT2D eigenvalue weighted by atomic mass is 16.2. The van der Waals surface area contributed by atoms with E-state index in [9.17, 15) is 9.59 Å². The van der Waals surface area contributed by atoms with Crippen molar-refractivity contribution in [1.29, 1.82) is 0 Å².